The molecule has 5 N–H and O–H groups in total. The second kappa shape index (κ2) is 27.2. The number of cyclic esters (lactones) is 1. The Kier molecular flexibility index (Phi) is 22.7. The molecule has 2 aromatic rings. The van der Waals surface area contributed by atoms with Gasteiger partial charge >= 0.3 is 11.9 Å². The number of ether oxygens (including phenoxy) is 8. The maximum Gasteiger partial charge on any atom is 0.341 e. The molecule has 18 atom stereocenters. The van der Waals surface area contributed by atoms with Gasteiger partial charge in [0.15, 0.2) is 12.6 Å². The highest BCUT2D eigenvalue weighted by Gasteiger charge is 2.53. The molecule has 0 unspecified atom stereocenters. The third-order valence-electron chi connectivity index (χ3n) is 16.3. The average molecular weight is 1080 g/mol. The van der Waals surface area contributed by atoms with Gasteiger partial charge in [-0.15, -0.1) is 0 Å². The number of pyridine rings is 1. The van der Waals surface area contributed by atoms with Gasteiger partial charge in [0.2, 0.25) is 5.43 Å². The van der Waals surface area contributed by atoms with Crippen LogP contribution in [0.1, 0.15) is 131 Å². The van der Waals surface area contributed by atoms with Gasteiger partial charge in [0, 0.05) is 69.4 Å². The summed E-state index contributed by atoms with van der Waals surface area (Å²) in [6.45, 7) is 22.0. The summed E-state index contributed by atoms with van der Waals surface area (Å²) in [6, 6.07) is 4.53. The van der Waals surface area contributed by atoms with Crippen LogP contribution in [0.25, 0.3) is 17.0 Å². The van der Waals surface area contributed by atoms with Crippen molar-refractivity contribution in [3.8, 4) is 0 Å². The van der Waals surface area contributed by atoms with Crippen LogP contribution in [0, 0.1) is 17.8 Å². The summed E-state index contributed by atoms with van der Waals surface area (Å²) >= 11 is 0. The Bertz CT molecular complexity index is 2290. The molecular weight excluding hydrogens is 983 g/mol. The summed E-state index contributed by atoms with van der Waals surface area (Å²) in [6.07, 6.45) is -1.43. The lowest BCUT2D eigenvalue weighted by atomic mass is 9.77. The first-order chi connectivity index (χ1) is 35.6. The molecule has 3 saturated heterocycles. The number of carbonyl (C=O) groups excluding carboxylic acids is 1. The first-order valence-electron chi connectivity index (χ1n) is 27.4. The number of carboxylic acids is 1. The number of benzene rings is 1. The molecule has 5 rings (SSSR count). The maximum absolute atomic E-state index is 14.6. The van der Waals surface area contributed by atoms with Gasteiger partial charge in [-0.05, 0) is 132 Å². The Morgan fingerprint density at radius 2 is 1.63 bits per heavy atom. The predicted octanol–water partition coefficient (Wildman–Crippen LogP) is 5.47. The molecule has 4 heterocycles. The van der Waals surface area contributed by atoms with Gasteiger partial charge in [0.1, 0.15) is 35.6 Å². The number of hydrogen-bond donors (Lipinski definition) is 5. The number of nitrogens with zero attached hydrogens (tertiary/aromatic N) is 3. The summed E-state index contributed by atoms with van der Waals surface area (Å²) in [5.41, 5.74) is -3.71. The summed E-state index contributed by atoms with van der Waals surface area (Å²) in [5, 5.41) is 58.0. The Balaban J connectivity index is 1.31. The third kappa shape index (κ3) is 15.1. The molecule has 3 fully saturated rings. The number of aryl methyl sites for hydroxylation is 1. The molecule has 0 radical (unpaired) electrons. The number of likely N-dealkylation sites (N-methyl/N-ethyl adjacent to an activating group) is 2. The largest absolute Gasteiger partial charge is 0.477 e. The van der Waals surface area contributed by atoms with Crippen LogP contribution in [-0.4, -0.2) is 197 Å². The van der Waals surface area contributed by atoms with Crippen LogP contribution in [0.3, 0.4) is 0 Å². The quantitative estimate of drug-likeness (QED) is 0.0919. The van der Waals surface area contributed by atoms with Crippen molar-refractivity contribution >= 4 is 28.9 Å². The first kappa shape index (κ1) is 63.4. The summed E-state index contributed by atoms with van der Waals surface area (Å²) in [7, 11) is 7.22. The smallest absolute Gasteiger partial charge is 0.341 e. The minimum absolute atomic E-state index is 0.173. The number of aromatic carboxylic acids is 1. The molecule has 0 spiro atoms. The Labute approximate surface area is 450 Å². The van der Waals surface area contributed by atoms with E-state index in [0.29, 0.717) is 63.1 Å². The minimum atomic E-state index is -1.84. The highest BCUT2D eigenvalue weighted by molar-refractivity contribution is 5.93. The lowest BCUT2D eigenvalue weighted by molar-refractivity contribution is -0.320. The third-order valence-corrected chi connectivity index (χ3v) is 16.3. The van der Waals surface area contributed by atoms with Crippen LogP contribution in [0.15, 0.2) is 35.3 Å². The molecule has 1 aromatic heterocycles. The first-order valence-corrected chi connectivity index (χ1v) is 27.4. The van der Waals surface area contributed by atoms with Crippen LogP contribution < -0.4 is 5.43 Å². The second-order valence-electron chi connectivity index (χ2n) is 22.9. The minimum Gasteiger partial charge on any atom is -0.477 e. The fraction of sp³-hybridized carbons (Fsp3) is 0.772. The van der Waals surface area contributed by atoms with E-state index in [1.165, 1.54) is 13.1 Å². The normalized spacial score (nSPS) is 37.8. The molecule has 3 aliphatic heterocycles. The maximum atomic E-state index is 14.6. The van der Waals surface area contributed by atoms with Gasteiger partial charge < -0.3 is 77.8 Å². The number of aliphatic hydroxyl groups is 4. The number of carboxylic acid groups (broad SMARTS) is 1. The molecule has 432 valence electrons. The van der Waals surface area contributed by atoms with Crippen LogP contribution in [-0.2, 0) is 49.2 Å². The Hall–Kier alpha value is -3.41. The molecule has 0 aliphatic carbocycles. The topological polar surface area (TPSA) is 238 Å². The average Bonchev–Trinajstić information content (AvgIpc) is 3.35. The fourth-order valence-electron chi connectivity index (χ4n) is 11.8. The summed E-state index contributed by atoms with van der Waals surface area (Å²) < 4.78 is 53.2. The van der Waals surface area contributed by atoms with Crippen molar-refractivity contribution < 1.29 is 73.0 Å². The number of aromatic nitrogens is 1. The van der Waals surface area contributed by atoms with E-state index in [-0.39, 0.29) is 42.9 Å². The number of unbranched alkanes of at least 4 members (excludes halogenated alkanes) is 1. The SMILES string of the molecule is CC[C@H]1OC(=O)[C@H](C)[C@@H](O[C@H]2C[C@@](C)(OC)[C@@H](OCCCCOC/C=C/c3ccc4c(c3)c(=O)c(C(=O)O)cn4CC)[C@H](C)O2)[C@H](C)[C@@H](O[C@@H]2O[C@H](C)C[C@H](N(C)C)[C@H]2O)[C@](C)(O)C[C@@H](C)CN(C)[C@H](C)[C@@H](O)[C@]1(C)O. The molecule has 76 heavy (non-hydrogen) atoms. The van der Waals surface area contributed by atoms with Crippen LogP contribution in [0.2, 0.25) is 0 Å². The van der Waals surface area contributed by atoms with Gasteiger partial charge in [-0.1, -0.05) is 39.0 Å². The van der Waals surface area contributed by atoms with Crippen molar-refractivity contribution in [1.29, 1.82) is 0 Å². The van der Waals surface area contributed by atoms with Crippen LogP contribution >= 0.6 is 0 Å². The molecule has 1 aromatic carbocycles. The molecular formula is C57H93N3O16. The lowest BCUT2D eigenvalue weighted by Crippen LogP contribution is -2.61. The van der Waals surface area contributed by atoms with Crippen molar-refractivity contribution in [3.05, 3.63) is 51.8 Å². The Morgan fingerprint density at radius 1 is 0.947 bits per heavy atom. The molecule has 3 aliphatic rings. The van der Waals surface area contributed by atoms with Crippen molar-refractivity contribution in [2.24, 2.45) is 17.8 Å². The molecule has 0 saturated carbocycles. The van der Waals surface area contributed by atoms with Crippen molar-refractivity contribution in [1.82, 2.24) is 14.4 Å². The van der Waals surface area contributed by atoms with E-state index in [0.717, 1.165) is 5.56 Å². The predicted molar refractivity (Wildman–Crippen MR) is 288 cm³/mol. The van der Waals surface area contributed by atoms with Crippen molar-refractivity contribution in [2.75, 3.05) is 54.6 Å². The van der Waals surface area contributed by atoms with E-state index < -0.39 is 107 Å². The fourth-order valence-corrected chi connectivity index (χ4v) is 11.8. The van der Waals surface area contributed by atoms with Gasteiger partial charge in [0.05, 0.1) is 53.7 Å². The number of fused-ring (bicyclic) bond motifs is 1. The zero-order chi connectivity index (χ0) is 56.6. The molecule has 0 bridgehead atoms. The standard InChI is InChI=1S/C57H93N3O16/c1-16-44-57(11,68)49(63)37(7)59(14)31-33(3)29-55(9,67)50(76-54-47(62)43(58(12)13)27-34(4)72-54)35(5)48(36(6)53(66)74-44)75-45-30-56(10,69-15)51(38(8)73-45)71-26-19-18-24-70-25-20-21-39-22-23-42-40(28-39)46(61)41(52(64)65)32-60(42)17-2/h20-23,28,32-38,43-45,47-51,54,62-63,67-68H,16-19,24-27,29-31H2,1-15H3,(H,64,65)/b21-20+/t33-,34-,35+,36-,37-,38+,43+,44-,45+,47-,48+,49-,50-,51+,54+,55-,56-,57-/m1/s1. The number of carbonyl (C=O) groups is 2. The number of methoxy groups -OCH3 is 1. The van der Waals surface area contributed by atoms with Crippen molar-refractivity contribution in [3.63, 3.8) is 0 Å². The van der Waals surface area contributed by atoms with Gasteiger partial charge in [0.25, 0.3) is 0 Å². The molecule has 19 nitrogen and oxygen atoms in total. The summed E-state index contributed by atoms with van der Waals surface area (Å²) in [4.78, 5) is 43.1. The zero-order valence-electron chi connectivity index (χ0n) is 48.0. The van der Waals surface area contributed by atoms with E-state index in [1.54, 1.807) is 45.4 Å². The monoisotopic (exact) mass is 1080 g/mol. The number of esters is 1. The molecule has 19 heteroatoms. The number of hydrogen-bond acceptors (Lipinski definition) is 17. The van der Waals surface area contributed by atoms with E-state index in [4.69, 9.17) is 37.9 Å². The Morgan fingerprint density at radius 3 is 2.26 bits per heavy atom. The highest BCUT2D eigenvalue weighted by Crippen LogP contribution is 2.41. The van der Waals surface area contributed by atoms with Gasteiger partial charge in [-0.25, -0.2) is 4.79 Å². The van der Waals surface area contributed by atoms with E-state index in [9.17, 15) is 39.9 Å². The van der Waals surface area contributed by atoms with Crippen LogP contribution in [0.5, 0.6) is 0 Å². The molecule has 0 amide bonds. The van der Waals surface area contributed by atoms with E-state index >= 15 is 0 Å². The number of aliphatic hydroxyl groups excluding tert-OH is 2. The highest BCUT2D eigenvalue weighted by atomic mass is 16.7. The lowest BCUT2D eigenvalue weighted by Gasteiger charge is -2.49. The number of rotatable bonds is 18. The second-order valence-corrected chi connectivity index (χ2v) is 22.9. The summed E-state index contributed by atoms with van der Waals surface area (Å²) in [5.74, 6) is -3.95. The van der Waals surface area contributed by atoms with Gasteiger partial charge in [-0.3, -0.25) is 9.59 Å². The van der Waals surface area contributed by atoms with E-state index in [1.807, 2.05) is 96.8 Å². The van der Waals surface area contributed by atoms with Crippen LogP contribution in [0.4, 0.5) is 0 Å². The zero-order valence-corrected chi connectivity index (χ0v) is 48.0. The van der Waals surface area contributed by atoms with Gasteiger partial charge in [-0.2, -0.15) is 0 Å². The van der Waals surface area contributed by atoms with E-state index in [2.05, 4.69) is 0 Å². The van der Waals surface area contributed by atoms with Crippen molar-refractivity contribution in [2.45, 2.75) is 212 Å².